The Labute approximate surface area is 162 Å². The molecule has 0 aliphatic rings. The van der Waals surface area contributed by atoms with Gasteiger partial charge in [-0.2, -0.15) is 0 Å². The van der Waals surface area contributed by atoms with Crippen LogP contribution < -0.4 is 5.43 Å². The van der Waals surface area contributed by atoms with Gasteiger partial charge in [0.05, 0.1) is 11.0 Å². The molecule has 4 rings (SSSR count). The molecule has 0 fully saturated rings. The maximum absolute atomic E-state index is 12.8. The lowest BCUT2D eigenvalue weighted by molar-refractivity contribution is 0.0680. The SMILES string of the molecule is O=C(O)c1ccc2cccc(N=Nc3c(C(=O)O)[nH]c4ccccc4c3=O)c2n1. The second-order valence-corrected chi connectivity index (χ2v) is 6.08. The number of H-pyrrole nitrogens is 1. The largest absolute Gasteiger partial charge is 0.477 e. The van der Waals surface area contributed by atoms with Crippen molar-refractivity contribution in [2.45, 2.75) is 0 Å². The van der Waals surface area contributed by atoms with E-state index in [0.29, 0.717) is 10.9 Å². The molecule has 2 heterocycles. The highest BCUT2D eigenvalue weighted by atomic mass is 16.4. The van der Waals surface area contributed by atoms with Gasteiger partial charge in [0.25, 0.3) is 0 Å². The Bertz CT molecular complexity index is 1390. The average Bonchev–Trinajstić information content (AvgIpc) is 2.72. The van der Waals surface area contributed by atoms with E-state index in [9.17, 15) is 19.5 Å². The first kappa shape index (κ1) is 18.0. The summed E-state index contributed by atoms with van der Waals surface area (Å²) in [6.07, 6.45) is 0. The lowest BCUT2D eigenvalue weighted by Gasteiger charge is -2.05. The third-order valence-electron chi connectivity index (χ3n) is 4.27. The molecular weight excluding hydrogens is 376 g/mol. The molecule has 3 N–H and O–H groups in total. The van der Waals surface area contributed by atoms with Crippen LogP contribution in [0.3, 0.4) is 0 Å². The molecule has 0 bridgehead atoms. The Morgan fingerprint density at radius 3 is 2.45 bits per heavy atom. The van der Waals surface area contributed by atoms with Crippen molar-refractivity contribution in [3.05, 3.63) is 76.2 Å². The number of aromatic carboxylic acids is 2. The zero-order chi connectivity index (χ0) is 20.5. The number of carbonyl (C=O) groups is 2. The van der Waals surface area contributed by atoms with Crippen LogP contribution in [0.4, 0.5) is 11.4 Å². The van der Waals surface area contributed by atoms with Crippen LogP contribution in [0, 0.1) is 0 Å². The summed E-state index contributed by atoms with van der Waals surface area (Å²) in [7, 11) is 0. The van der Waals surface area contributed by atoms with Gasteiger partial charge >= 0.3 is 11.9 Å². The van der Waals surface area contributed by atoms with Crippen molar-refractivity contribution < 1.29 is 19.8 Å². The van der Waals surface area contributed by atoms with E-state index in [1.165, 1.54) is 6.07 Å². The van der Waals surface area contributed by atoms with Gasteiger partial charge in [0.15, 0.2) is 11.4 Å². The highest BCUT2D eigenvalue weighted by Gasteiger charge is 2.17. The van der Waals surface area contributed by atoms with Gasteiger partial charge in [-0.15, -0.1) is 10.2 Å². The highest BCUT2D eigenvalue weighted by molar-refractivity contribution is 5.96. The van der Waals surface area contributed by atoms with Crippen molar-refractivity contribution in [2.24, 2.45) is 10.2 Å². The number of para-hydroxylation sites is 2. The summed E-state index contributed by atoms with van der Waals surface area (Å²) in [5.41, 5.74) is -0.666. The number of fused-ring (bicyclic) bond motifs is 2. The van der Waals surface area contributed by atoms with Gasteiger partial charge in [-0.05, 0) is 24.3 Å². The molecule has 0 saturated carbocycles. The molecule has 0 unspecified atom stereocenters. The molecule has 0 aliphatic heterocycles. The van der Waals surface area contributed by atoms with Crippen LogP contribution in [0.15, 0.2) is 69.6 Å². The van der Waals surface area contributed by atoms with Crippen molar-refractivity contribution in [1.82, 2.24) is 9.97 Å². The van der Waals surface area contributed by atoms with E-state index in [2.05, 4.69) is 20.2 Å². The lowest BCUT2D eigenvalue weighted by atomic mass is 10.1. The molecule has 0 amide bonds. The van der Waals surface area contributed by atoms with Crippen molar-refractivity contribution >= 4 is 45.1 Å². The van der Waals surface area contributed by atoms with Gasteiger partial charge in [-0.25, -0.2) is 14.6 Å². The maximum atomic E-state index is 12.8. The minimum atomic E-state index is -1.36. The zero-order valence-corrected chi connectivity index (χ0v) is 14.7. The molecule has 9 nitrogen and oxygen atoms in total. The maximum Gasteiger partial charge on any atom is 0.354 e. The highest BCUT2D eigenvalue weighted by Crippen LogP contribution is 2.27. The number of nitrogens with zero attached hydrogens (tertiary/aromatic N) is 3. The van der Waals surface area contributed by atoms with Gasteiger partial charge in [-0.3, -0.25) is 4.79 Å². The predicted molar refractivity (Wildman–Crippen MR) is 104 cm³/mol. The monoisotopic (exact) mass is 388 g/mol. The molecular formula is C20H12N4O5. The Morgan fingerprint density at radius 1 is 0.897 bits per heavy atom. The molecule has 9 heteroatoms. The first-order valence-corrected chi connectivity index (χ1v) is 8.39. The Hall–Kier alpha value is -4.40. The van der Waals surface area contributed by atoms with E-state index in [1.54, 1.807) is 48.5 Å². The van der Waals surface area contributed by atoms with Gasteiger partial charge in [0.2, 0.25) is 5.43 Å². The van der Waals surface area contributed by atoms with Crippen molar-refractivity contribution in [1.29, 1.82) is 0 Å². The average molecular weight is 388 g/mol. The Kier molecular flexibility index (Phi) is 4.32. The molecule has 4 aromatic rings. The Balaban J connectivity index is 1.91. The van der Waals surface area contributed by atoms with Crippen LogP contribution in [0.2, 0.25) is 0 Å². The van der Waals surface area contributed by atoms with Gasteiger partial charge in [0, 0.05) is 10.8 Å². The van der Waals surface area contributed by atoms with Crippen LogP contribution in [-0.4, -0.2) is 32.1 Å². The van der Waals surface area contributed by atoms with Crippen LogP contribution in [-0.2, 0) is 0 Å². The van der Waals surface area contributed by atoms with Crippen molar-refractivity contribution in [3.63, 3.8) is 0 Å². The molecule has 2 aromatic carbocycles. The first-order chi connectivity index (χ1) is 14.0. The third-order valence-corrected chi connectivity index (χ3v) is 4.27. The number of azo groups is 1. The number of rotatable bonds is 4. The van der Waals surface area contributed by atoms with Crippen molar-refractivity contribution in [2.75, 3.05) is 0 Å². The molecule has 0 aliphatic carbocycles. The minimum absolute atomic E-state index is 0.171. The van der Waals surface area contributed by atoms with E-state index < -0.39 is 23.1 Å². The Morgan fingerprint density at radius 2 is 1.69 bits per heavy atom. The second-order valence-electron chi connectivity index (χ2n) is 6.08. The minimum Gasteiger partial charge on any atom is -0.477 e. The summed E-state index contributed by atoms with van der Waals surface area (Å²) in [5.74, 6) is -2.55. The normalized spacial score (nSPS) is 11.3. The summed E-state index contributed by atoms with van der Waals surface area (Å²) in [6, 6.07) is 14.3. The number of aromatic nitrogens is 2. The van der Waals surface area contributed by atoms with Crippen LogP contribution in [0.25, 0.3) is 21.8 Å². The van der Waals surface area contributed by atoms with Crippen molar-refractivity contribution in [3.8, 4) is 0 Å². The summed E-state index contributed by atoms with van der Waals surface area (Å²) >= 11 is 0. The molecule has 0 atom stereocenters. The van der Waals surface area contributed by atoms with Gasteiger partial charge in [0.1, 0.15) is 11.4 Å². The van der Waals surface area contributed by atoms with Gasteiger partial charge in [-0.1, -0.05) is 30.3 Å². The molecule has 0 radical (unpaired) electrons. The van der Waals surface area contributed by atoms with E-state index in [-0.39, 0.29) is 28.0 Å². The fourth-order valence-corrected chi connectivity index (χ4v) is 2.91. The molecule has 2 aromatic heterocycles. The summed E-state index contributed by atoms with van der Waals surface area (Å²) in [4.78, 5) is 42.3. The number of benzene rings is 2. The molecule has 142 valence electrons. The quantitative estimate of drug-likeness (QED) is 0.452. The van der Waals surface area contributed by atoms with E-state index in [4.69, 9.17) is 5.11 Å². The number of aromatic amines is 1. The summed E-state index contributed by atoms with van der Waals surface area (Å²) in [6.45, 7) is 0. The van der Waals surface area contributed by atoms with E-state index in [1.807, 2.05) is 0 Å². The fourth-order valence-electron chi connectivity index (χ4n) is 2.91. The van der Waals surface area contributed by atoms with Crippen LogP contribution >= 0.6 is 0 Å². The number of carboxylic acid groups (broad SMARTS) is 2. The van der Waals surface area contributed by atoms with E-state index >= 15 is 0 Å². The van der Waals surface area contributed by atoms with Crippen LogP contribution in [0.1, 0.15) is 21.0 Å². The molecule has 0 saturated heterocycles. The second kappa shape index (κ2) is 6.97. The number of nitrogens with one attached hydrogen (secondary N) is 1. The molecule has 29 heavy (non-hydrogen) atoms. The summed E-state index contributed by atoms with van der Waals surface area (Å²) < 4.78 is 0. The summed E-state index contributed by atoms with van der Waals surface area (Å²) in [5, 5.41) is 27.4. The standard InChI is InChI=1S/C20H12N4O5/c25-18-11-5-1-2-6-12(11)21-17(20(28)29)16(18)24-23-13-7-3-4-10-8-9-14(19(26)27)22-15(10)13/h1-9H,(H,21,25)(H,26,27)(H,28,29). The first-order valence-electron chi connectivity index (χ1n) is 8.39. The third kappa shape index (κ3) is 3.21. The van der Waals surface area contributed by atoms with E-state index in [0.717, 1.165) is 0 Å². The van der Waals surface area contributed by atoms with Gasteiger partial charge < -0.3 is 15.2 Å². The lowest BCUT2D eigenvalue weighted by Crippen LogP contribution is -2.11. The fraction of sp³-hybridized carbons (Fsp3) is 0. The zero-order valence-electron chi connectivity index (χ0n) is 14.7. The smallest absolute Gasteiger partial charge is 0.354 e. The topological polar surface area (TPSA) is 145 Å². The number of hydrogen-bond acceptors (Lipinski definition) is 6. The number of pyridine rings is 2. The molecule has 0 spiro atoms. The number of carboxylic acids is 2. The van der Waals surface area contributed by atoms with Crippen LogP contribution in [0.5, 0.6) is 0 Å². The predicted octanol–water partition coefficient (Wildman–Crippen LogP) is 3.89. The number of hydrogen-bond donors (Lipinski definition) is 3.